The Bertz CT molecular complexity index is 702. The maximum absolute atomic E-state index is 4.49. The van der Waals surface area contributed by atoms with Crippen molar-refractivity contribution in [2.75, 3.05) is 0 Å². The van der Waals surface area contributed by atoms with Gasteiger partial charge in [0.05, 0.1) is 10.2 Å². The van der Waals surface area contributed by atoms with Crippen LogP contribution < -0.4 is 5.32 Å². The molecule has 0 saturated carbocycles. The molecule has 0 aliphatic carbocycles. The van der Waals surface area contributed by atoms with Crippen LogP contribution in [-0.2, 0) is 13.0 Å². The van der Waals surface area contributed by atoms with Gasteiger partial charge < -0.3 is 5.32 Å². The molecule has 0 saturated heterocycles. The molecule has 0 aliphatic rings. The summed E-state index contributed by atoms with van der Waals surface area (Å²) in [6.07, 6.45) is 5.00. The first-order valence-electron chi connectivity index (χ1n) is 6.76. The van der Waals surface area contributed by atoms with Crippen molar-refractivity contribution >= 4 is 32.9 Å². The lowest BCUT2D eigenvalue weighted by atomic mass is 10.1. The predicted molar refractivity (Wildman–Crippen MR) is 86.4 cm³/mol. The average Bonchev–Trinajstić information content (AvgIpc) is 3.12. The van der Waals surface area contributed by atoms with E-state index in [0.29, 0.717) is 0 Å². The van der Waals surface area contributed by atoms with Crippen molar-refractivity contribution < 1.29 is 0 Å². The second-order valence-corrected chi connectivity index (χ2v) is 6.90. The van der Waals surface area contributed by atoms with Gasteiger partial charge in [-0.25, -0.2) is 4.98 Å². The monoisotopic (exact) mass is 303 g/mol. The summed E-state index contributed by atoms with van der Waals surface area (Å²) in [4.78, 5) is 10.3. The fourth-order valence-corrected chi connectivity index (χ4v) is 3.65. The van der Waals surface area contributed by atoms with Gasteiger partial charge in [0.15, 0.2) is 0 Å². The van der Waals surface area contributed by atoms with Crippen molar-refractivity contribution in [2.45, 2.75) is 32.9 Å². The normalized spacial score (nSPS) is 12.9. The second kappa shape index (κ2) is 5.99. The number of thiophene rings is 1. The summed E-state index contributed by atoms with van der Waals surface area (Å²) in [5.41, 5.74) is 2.31. The molecule has 104 valence electrons. The van der Waals surface area contributed by atoms with Crippen LogP contribution in [0.2, 0.25) is 0 Å². The smallest absolute Gasteiger partial charge is 0.107 e. The lowest BCUT2D eigenvalue weighted by molar-refractivity contribution is 0.572. The standard InChI is InChI=1S/C15H17N3S2/c1-3-12-8-18-15(20-12)9-16-10(2)11-6-14-13(17-7-11)4-5-19-14/h4-8,10,16H,3,9H2,1-2H3. The Labute approximate surface area is 126 Å². The topological polar surface area (TPSA) is 37.8 Å². The third kappa shape index (κ3) is 2.90. The van der Waals surface area contributed by atoms with Crippen molar-refractivity contribution in [3.05, 3.63) is 45.4 Å². The molecule has 0 aliphatic heterocycles. The summed E-state index contributed by atoms with van der Waals surface area (Å²) in [6.45, 7) is 5.15. The van der Waals surface area contributed by atoms with Gasteiger partial charge in [-0.1, -0.05) is 6.92 Å². The molecule has 3 rings (SSSR count). The molecule has 3 nitrogen and oxygen atoms in total. The summed E-state index contributed by atoms with van der Waals surface area (Å²) in [5.74, 6) is 0. The largest absolute Gasteiger partial charge is 0.304 e. The van der Waals surface area contributed by atoms with Gasteiger partial charge in [-0.2, -0.15) is 0 Å². The van der Waals surface area contributed by atoms with Crippen LogP contribution >= 0.6 is 22.7 Å². The number of thiazole rings is 1. The number of hydrogen-bond acceptors (Lipinski definition) is 5. The highest BCUT2D eigenvalue weighted by Gasteiger charge is 2.08. The molecule has 0 fully saturated rings. The fraction of sp³-hybridized carbons (Fsp3) is 0.333. The van der Waals surface area contributed by atoms with E-state index < -0.39 is 0 Å². The van der Waals surface area contributed by atoms with Crippen LogP contribution in [0.5, 0.6) is 0 Å². The molecule has 3 heterocycles. The third-order valence-corrected chi connectivity index (χ3v) is 5.33. The Kier molecular flexibility index (Phi) is 4.10. The quantitative estimate of drug-likeness (QED) is 0.769. The minimum Gasteiger partial charge on any atom is -0.304 e. The van der Waals surface area contributed by atoms with E-state index >= 15 is 0 Å². The lowest BCUT2D eigenvalue weighted by Gasteiger charge is -2.12. The predicted octanol–water partition coefficient (Wildman–Crippen LogP) is 4.17. The number of rotatable bonds is 5. The molecule has 1 unspecified atom stereocenters. The summed E-state index contributed by atoms with van der Waals surface area (Å²) >= 11 is 3.53. The van der Waals surface area contributed by atoms with Crippen LogP contribution in [0.1, 0.15) is 35.3 Å². The molecule has 1 N–H and O–H groups in total. The number of aryl methyl sites for hydroxylation is 1. The first kappa shape index (κ1) is 13.7. The molecule has 0 amide bonds. The maximum atomic E-state index is 4.49. The van der Waals surface area contributed by atoms with Gasteiger partial charge >= 0.3 is 0 Å². The number of aromatic nitrogens is 2. The van der Waals surface area contributed by atoms with E-state index in [4.69, 9.17) is 0 Å². The molecule has 20 heavy (non-hydrogen) atoms. The molecule has 0 bridgehead atoms. The van der Waals surface area contributed by atoms with Crippen molar-refractivity contribution in [2.24, 2.45) is 0 Å². The van der Waals surface area contributed by atoms with Crippen LogP contribution in [0, 0.1) is 0 Å². The zero-order valence-electron chi connectivity index (χ0n) is 11.6. The average molecular weight is 303 g/mol. The van der Waals surface area contributed by atoms with E-state index in [1.54, 1.807) is 22.7 Å². The van der Waals surface area contributed by atoms with E-state index in [9.17, 15) is 0 Å². The Balaban J connectivity index is 1.67. The van der Waals surface area contributed by atoms with E-state index in [-0.39, 0.29) is 6.04 Å². The number of hydrogen-bond donors (Lipinski definition) is 1. The van der Waals surface area contributed by atoms with E-state index in [2.05, 4.69) is 46.6 Å². The summed E-state index contributed by atoms with van der Waals surface area (Å²) in [6, 6.07) is 4.57. The van der Waals surface area contributed by atoms with Crippen LogP contribution in [0.25, 0.3) is 10.2 Å². The maximum Gasteiger partial charge on any atom is 0.107 e. The van der Waals surface area contributed by atoms with Gasteiger partial charge in [0.2, 0.25) is 0 Å². The Morgan fingerprint density at radius 3 is 3.00 bits per heavy atom. The highest BCUT2D eigenvalue weighted by Crippen LogP contribution is 2.23. The molecule has 0 aromatic carbocycles. The number of pyridine rings is 1. The summed E-state index contributed by atoms with van der Waals surface area (Å²) in [5, 5.41) is 6.76. The number of nitrogens with zero attached hydrogens (tertiary/aromatic N) is 2. The van der Waals surface area contributed by atoms with Crippen LogP contribution in [-0.4, -0.2) is 9.97 Å². The minimum atomic E-state index is 0.281. The number of nitrogens with one attached hydrogen (secondary N) is 1. The third-order valence-electron chi connectivity index (χ3n) is 3.33. The van der Waals surface area contributed by atoms with Crippen LogP contribution in [0.15, 0.2) is 29.9 Å². The first-order chi connectivity index (χ1) is 9.76. The van der Waals surface area contributed by atoms with Gasteiger partial charge in [-0.3, -0.25) is 4.98 Å². The van der Waals surface area contributed by atoms with Crippen molar-refractivity contribution in [3.63, 3.8) is 0 Å². The van der Waals surface area contributed by atoms with Gasteiger partial charge in [-0.05, 0) is 36.4 Å². The van der Waals surface area contributed by atoms with E-state index in [1.165, 1.54) is 15.1 Å². The fourth-order valence-electron chi connectivity index (χ4n) is 2.05. The number of fused-ring (bicyclic) bond motifs is 1. The van der Waals surface area contributed by atoms with E-state index in [0.717, 1.165) is 23.5 Å². The van der Waals surface area contributed by atoms with Crippen molar-refractivity contribution in [1.82, 2.24) is 15.3 Å². The molecule has 0 radical (unpaired) electrons. The van der Waals surface area contributed by atoms with Crippen molar-refractivity contribution in [1.29, 1.82) is 0 Å². The molecule has 1 atom stereocenters. The van der Waals surface area contributed by atoms with Crippen LogP contribution in [0.4, 0.5) is 0 Å². The Hall–Kier alpha value is -1.30. The molecular formula is C15H17N3S2. The van der Waals surface area contributed by atoms with Crippen molar-refractivity contribution in [3.8, 4) is 0 Å². The highest BCUT2D eigenvalue weighted by molar-refractivity contribution is 7.17. The van der Waals surface area contributed by atoms with Gasteiger partial charge in [-0.15, -0.1) is 22.7 Å². The Morgan fingerprint density at radius 2 is 2.20 bits per heavy atom. The summed E-state index contributed by atoms with van der Waals surface area (Å²) < 4.78 is 1.25. The molecule has 3 aromatic rings. The molecule has 0 spiro atoms. The van der Waals surface area contributed by atoms with Gasteiger partial charge in [0.1, 0.15) is 5.01 Å². The van der Waals surface area contributed by atoms with E-state index in [1.807, 2.05) is 12.4 Å². The highest BCUT2D eigenvalue weighted by atomic mass is 32.1. The zero-order valence-corrected chi connectivity index (χ0v) is 13.2. The second-order valence-electron chi connectivity index (χ2n) is 4.75. The Morgan fingerprint density at radius 1 is 1.30 bits per heavy atom. The van der Waals surface area contributed by atoms with Gasteiger partial charge in [0.25, 0.3) is 0 Å². The lowest BCUT2D eigenvalue weighted by Crippen LogP contribution is -2.18. The van der Waals surface area contributed by atoms with Gasteiger partial charge in [0, 0.05) is 29.9 Å². The molecule has 3 aromatic heterocycles. The molecule has 5 heteroatoms. The summed E-state index contributed by atoms with van der Waals surface area (Å²) in [7, 11) is 0. The molecular weight excluding hydrogens is 286 g/mol. The van der Waals surface area contributed by atoms with Crippen LogP contribution in [0.3, 0.4) is 0 Å². The zero-order chi connectivity index (χ0) is 13.9. The minimum absolute atomic E-state index is 0.281. The SMILES string of the molecule is CCc1cnc(CNC(C)c2cnc3ccsc3c2)s1. The first-order valence-corrected chi connectivity index (χ1v) is 8.46.